The monoisotopic (exact) mass is 354 g/mol. The Hall–Kier alpha value is -2.05. The van der Waals surface area contributed by atoms with Gasteiger partial charge in [0.25, 0.3) is 5.56 Å². The quantitative estimate of drug-likeness (QED) is 0.764. The van der Waals surface area contributed by atoms with Crippen LogP contribution in [0.1, 0.15) is 48.2 Å². The van der Waals surface area contributed by atoms with E-state index in [0.29, 0.717) is 0 Å². The van der Waals surface area contributed by atoms with Crippen LogP contribution in [0.3, 0.4) is 0 Å². The van der Waals surface area contributed by atoms with Crippen LogP contribution in [0.25, 0.3) is 10.2 Å². The van der Waals surface area contributed by atoms with Crippen LogP contribution >= 0.6 is 11.3 Å². The van der Waals surface area contributed by atoms with Crippen molar-refractivity contribution in [2.45, 2.75) is 45.2 Å². The number of pyridine rings is 1. The summed E-state index contributed by atoms with van der Waals surface area (Å²) in [5, 5.41) is 4.21. The van der Waals surface area contributed by atoms with Crippen LogP contribution in [0.15, 0.2) is 35.6 Å². The van der Waals surface area contributed by atoms with E-state index >= 15 is 0 Å². The smallest absolute Gasteiger partial charge is 0.262 e. The molecule has 0 aromatic carbocycles. The predicted octanol–water partition coefficient (Wildman–Crippen LogP) is 3.28. The molecule has 5 nitrogen and oxygen atoms in total. The maximum Gasteiger partial charge on any atom is 0.262 e. The lowest BCUT2D eigenvalue weighted by molar-refractivity contribution is 0.498. The van der Waals surface area contributed by atoms with Crippen molar-refractivity contribution < 1.29 is 0 Å². The number of nitrogens with zero attached hydrogens (tertiary/aromatic N) is 3. The first kappa shape index (κ1) is 16.4. The van der Waals surface area contributed by atoms with Crippen molar-refractivity contribution in [3.63, 3.8) is 0 Å². The van der Waals surface area contributed by atoms with Gasteiger partial charge >= 0.3 is 0 Å². The second kappa shape index (κ2) is 7.06. The van der Waals surface area contributed by atoms with Crippen molar-refractivity contribution in [2.24, 2.45) is 0 Å². The fourth-order valence-corrected chi connectivity index (χ4v) is 4.73. The van der Waals surface area contributed by atoms with Gasteiger partial charge in [0.15, 0.2) is 0 Å². The fraction of sp³-hybridized carbons (Fsp3) is 0.421. The number of nitrogens with one attached hydrogen (secondary N) is 1. The second-order valence-corrected chi connectivity index (χ2v) is 7.60. The van der Waals surface area contributed by atoms with Gasteiger partial charge in [0.2, 0.25) is 0 Å². The van der Waals surface area contributed by atoms with Crippen molar-refractivity contribution in [2.75, 3.05) is 6.54 Å². The molecule has 0 bridgehead atoms. The highest BCUT2D eigenvalue weighted by Gasteiger charge is 2.22. The van der Waals surface area contributed by atoms with Gasteiger partial charge in [0.05, 0.1) is 17.8 Å². The zero-order valence-electron chi connectivity index (χ0n) is 14.4. The van der Waals surface area contributed by atoms with E-state index < -0.39 is 0 Å². The number of fused-ring (bicyclic) bond motifs is 3. The van der Waals surface area contributed by atoms with Gasteiger partial charge < -0.3 is 5.32 Å². The minimum absolute atomic E-state index is 0.00434. The van der Waals surface area contributed by atoms with E-state index in [1.165, 1.54) is 10.4 Å². The molecule has 1 N–H and O–H groups in total. The van der Waals surface area contributed by atoms with Gasteiger partial charge in [0, 0.05) is 23.8 Å². The minimum atomic E-state index is -0.00434. The minimum Gasteiger partial charge on any atom is -0.312 e. The Labute approximate surface area is 150 Å². The molecule has 1 aliphatic heterocycles. The van der Waals surface area contributed by atoms with E-state index in [4.69, 9.17) is 0 Å². The van der Waals surface area contributed by atoms with Crippen LogP contribution in [0, 0.1) is 0 Å². The van der Waals surface area contributed by atoms with Gasteiger partial charge in [0.1, 0.15) is 4.83 Å². The van der Waals surface area contributed by atoms with Gasteiger partial charge in [-0.2, -0.15) is 0 Å². The average Bonchev–Trinajstić information content (AvgIpc) is 3.04. The average molecular weight is 354 g/mol. The van der Waals surface area contributed by atoms with Crippen molar-refractivity contribution in [1.82, 2.24) is 19.9 Å². The van der Waals surface area contributed by atoms with E-state index in [1.807, 2.05) is 16.8 Å². The Morgan fingerprint density at radius 1 is 1.44 bits per heavy atom. The van der Waals surface area contributed by atoms with Crippen molar-refractivity contribution in [3.8, 4) is 0 Å². The predicted molar refractivity (Wildman–Crippen MR) is 101 cm³/mol. The summed E-state index contributed by atoms with van der Waals surface area (Å²) in [5.41, 5.74) is 2.37. The number of aromatic nitrogens is 3. The fourth-order valence-electron chi connectivity index (χ4n) is 3.59. The topological polar surface area (TPSA) is 59.8 Å². The van der Waals surface area contributed by atoms with Crippen molar-refractivity contribution >= 4 is 21.6 Å². The Balaban J connectivity index is 1.86. The van der Waals surface area contributed by atoms with Crippen LogP contribution < -0.4 is 10.9 Å². The number of thiophene rings is 1. The second-order valence-electron chi connectivity index (χ2n) is 6.51. The number of rotatable bonds is 5. The summed E-state index contributed by atoms with van der Waals surface area (Å²) in [7, 11) is 0. The molecule has 0 saturated heterocycles. The Morgan fingerprint density at radius 3 is 3.16 bits per heavy atom. The van der Waals surface area contributed by atoms with Crippen LogP contribution in [-0.2, 0) is 13.0 Å². The molecule has 0 amide bonds. The third-order valence-electron chi connectivity index (χ3n) is 4.89. The SMILES string of the molecule is CCCC[C@H](c1cccnc1)n1cnc2sc3c(c2c1=O)CCNC3. The molecule has 0 spiro atoms. The first-order valence-corrected chi connectivity index (χ1v) is 9.73. The van der Waals surface area contributed by atoms with E-state index in [1.54, 1.807) is 23.9 Å². The summed E-state index contributed by atoms with van der Waals surface area (Å²) in [6.07, 6.45) is 9.35. The summed E-state index contributed by atoms with van der Waals surface area (Å²) in [4.78, 5) is 24.3. The first-order valence-electron chi connectivity index (χ1n) is 8.91. The molecule has 1 aliphatic rings. The molecule has 1 atom stereocenters. The molecular formula is C19H22N4OS. The van der Waals surface area contributed by atoms with E-state index in [9.17, 15) is 4.79 Å². The van der Waals surface area contributed by atoms with Gasteiger partial charge in [-0.15, -0.1) is 11.3 Å². The molecule has 0 aliphatic carbocycles. The highest BCUT2D eigenvalue weighted by Crippen LogP contribution is 2.31. The molecule has 130 valence electrons. The van der Waals surface area contributed by atoms with Gasteiger partial charge in [-0.3, -0.25) is 14.3 Å². The van der Waals surface area contributed by atoms with Gasteiger partial charge in [-0.1, -0.05) is 25.8 Å². The van der Waals surface area contributed by atoms with Gasteiger partial charge in [-0.25, -0.2) is 4.98 Å². The standard InChI is InChI=1S/C19H22N4OS/c1-2-3-6-15(13-5-4-8-20-10-13)23-12-22-18-17(19(23)24)14-7-9-21-11-16(14)25-18/h4-5,8,10,12,15,21H,2-3,6-7,9,11H2,1H3/t15-/m1/s1. The summed E-state index contributed by atoms with van der Waals surface area (Å²) in [6, 6.07) is 3.98. The van der Waals surface area contributed by atoms with Crippen LogP contribution in [0.2, 0.25) is 0 Å². The molecule has 25 heavy (non-hydrogen) atoms. The maximum atomic E-state index is 13.3. The lowest BCUT2D eigenvalue weighted by atomic mass is 10.0. The third kappa shape index (κ3) is 3.00. The zero-order chi connectivity index (χ0) is 17.2. The lowest BCUT2D eigenvalue weighted by Gasteiger charge is -2.20. The summed E-state index contributed by atoms with van der Waals surface area (Å²) in [5.74, 6) is 0. The number of hydrogen-bond acceptors (Lipinski definition) is 5. The summed E-state index contributed by atoms with van der Waals surface area (Å²) in [6.45, 7) is 3.94. The summed E-state index contributed by atoms with van der Waals surface area (Å²) >= 11 is 1.65. The van der Waals surface area contributed by atoms with E-state index in [-0.39, 0.29) is 11.6 Å². The van der Waals surface area contributed by atoms with Gasteiger partial charge in [-0.05, 0) is 36.6 Å². The van der Waals surface area contributed by atoms with Crippen LogP contribution in [0.4, 0.5) is 0 Å². The Bertz CT molecular complexity index is 932. The number of hydrogen-bond donors (Lipinski definition) is 1. The first-order chi connectivity index (χ1) is 12.3. The highest BCUT2D eigenvalue weighted by atomic mass is 32.1. The van der Waals surface area contributed by atoms with E-state index in [2.05, 4.69) is 28.3 Å². The lowest BCUT2D eigenvalue weighted by Crippen LogP contribution is -2.28. The molecule has 3 aromatic rings. The normalized spacial score (nSPS) is 15.2. The largest absolute Gasteiger partial charge is 0.312 e. The molecule has 0 radical (unpaired) electrons. The Kier molecular flexibility index (Phi) is 4.63. The maximum absolute atomic E-state index is 13.3. The molecule has 0 saturated carbocycles. The van der Waals surface area contributed by atoms with E-state index in [0.717, 1.165) is 54.6 Å². The molecule has 4 heterocycles. The van der Waals surface area contributed by atoms with Crippen molar-refractivity contribution in [3.05, 3.63) is 57.2 Å². The molecule has 0 fully saturated rings. The molecule has 3 aromatic heterocycles. The zero-order valence-corrected chi connectivity index (χ0v) is 15.2. The van der Waals surface area contributed by atoms with Crippen LogP contribution in [-0.4, -0.2) is 21.1 Å². The van der Waals surface area contributed by atoms with Crippen LogP contribution in [0.5, 0.6) is 0 Å². The van der Waals surface area contributed by atoms with Crippen molar-refractivity contribution in [1.29, 1.82) is 0 Å². The Morgan fingerprint density at radius 2 is 2.36 bits per heavy atom. The number of unbranched alkanes of at least 4 members (excludes halogenated alkanes) is 1. The molecule has 4 rings (SSSR count). The third-order valence-corrected chi connectivity index (χ3v) is 6.03. The molecular weight excluding hydrogens is 332 g/mol. The molecule has 0 unspecified atom stereocenters. The summed E-state index contributed by atoms with van der Waals surface area (Å²) < 4.78 is 1.82. The highest BCUT2D eigenvalue weighted by molar-refractivity contribution is 7.18. The molecule has 6 heteroatoms.